The Bertz CT molecular complexity index is 797. The highest BCUT2D eigenvalue weighted by Gasteiger charge is 2.38. The second kappa shape index (κ2) is 10.4. The quantitative estimate of drug-likeness (QED) is 0.750. The fraction of sp³-hybridized carbons (Fsp3) is 0.640. The number of carbonyl (C=O) groups excluding carboxylic acids is 3. The Kier molecular flexibility index (Phi) is 7.80. The number of nitrogens with zero attached hydrogens (tertiary/aromatic N) is 2. The highest BCUT2D eigenvalue weighted by Crippen LogP contribution is 2.26. The number of piperidine rings is 2. The number of rotatable bonds is 4. The summed E-state index contributed by atoms with van der Waals surface area (Å²) in [5.74, 6) is -0.205. The largest absolute Gasteiger partial charge is 0.340 e. The number of hydrogen-bond acceptors (Lipinski definition) is 3. The highest BCUT2D eigenvalue weighted by molar-refractivity contribution is 5.97. The van der Waals surface area contributed by atoms with Crippen LogP contribution in [0.3, 0.4) is 0 Å². The molecule has 176 valence electrons. The van der Waals surface area contributed by atoms with Gasteiger partial charge in [0.15, 0.2) is 0 Å². The molecule has 4 amide bonds. The molecule has 0 unspecified atom stereocenters. The normalized spacial score (nSPS) is 21.1. The number of benzene rings is 1. The van der Waals surface area contributed by atoms with Crippen LogP contribution in [0.5, 0.6) is 0 Å². The summed E-state index contributed by atoms with van der Waals surface area (Å²) in [7, 11) is 0. The van der Waals surface area contributed by atoms with Crippen molar-refractivity contribution >= 4 is 17.8 Å². The molecule has 7 nitrogen and oxygen atoms in total. The van der Waals surface area contributed by atoms with Gasteiger partial charge >= 0.3 is 6.03 Å². The third-order valence-electron chi connectivity index (χ3n) is 6.45. The zero-order valence-electron chi connectivity index (χ0n) is 19.9. The molecule has 2 aliphatic rings. The average Bonchev–Trinajstić information content (AvgIpc) is 2.77. The van der Waals surface area contributed by atoms with Gasteiger partial charge in [0.1, 0.15) is 6.04 Å². The smallest absolute Gasteiger partial charge is 0.317 e. The van der Waals surface area contributed by atoms with Crippen LogP contribution in [0.25, 0.3) is 0 Å². The molecule has 0 spiro atoms. The predicted octanol–water partition coefficient (Wildman–Crippen LogP) is 3.41. The van der Waals surface area contributed by atoms with E-state index in [0.717, 1.165) is 25.8 Å². The van der Waals surface area contributed by atoms with E-state index in [4.69, 9.17) is 0 Å². The minimum Gasteiger partial charge on any atom is -0.340 e. The first-order valence-electron chi connectivity index (χ1n) is 11.9. The Morgan fingerprint density at radius 1 is 0.969 bits per heavy atom. The van der Waals surface area contributed by atoms with Gasteiger partial charge in [0.25, 0.3) is 5.91 Å². The summed E-state index contributed by atoms with van der Waals surface area (Å²) in [6.45, 7) is 9.87. The van der Waals surface area contributed by atoms with Crippen LogP contribution in [-0.2, 0) is 4.79 Å². The van der Waals surface area contributed by atoms with Crippen LogP contribution >= 0.6 is 0 Å². The zero-order chi connectivity index (χ0) is 23.3. The summed E-state index contributed by atoms with van der Waals surface area (Å²) in [5.41, 5.74) is 0.263. The van der Waals surface area contributed by atoms with Gasteiger partial charge in [-0.15, -0.1) is 0 Å². The maximum Gasteiger partial charge on any atom is 0.317 e. The molecule has 1 aromatic carbocycles. The van der Waals surface area contributed by atoms with Crippen LogP contribution in [0.2, 0.25) is 0 Å². The Morgan fingerprint density at radius 3 is 2.22 bits per heavy atom. The molecule has 2 saturated heterocycles. The first-order chi connectivity index (χ1) is 15.2. The Hall–Kier alpha value is -2.57. The van der Waals surface area contributed by atoms with E-state index in [0.29, 0.717) is 31.5 Å². The monoisotopic (exact) mass is 442 g/mol. The van der Waals surface area contributed by atoms with Crippen LogP contribution in [0.4, 0.5) is 4.79 Å². The van der Waals surface area contributed by atoms with Crippen molar-refractivity contribution in [3.63, 3.8) is 0 Å². The molecule has 2 N–H and O–H groups in total. The van der Waals surface area contributed by atoms with Gasteiger partial charge in [0.05, 0.1) is 0 Å². The minimum atomic E-state index is -0.573. The van der Waals surface area contributed by atoms with Gasteiger partial charge in [0.2, 0.25) is 5.91 Å². The Labute approximate surface area is 191 Å². The van der Waals surface area contributed by atoms with E-state index < -0.39 is 6.04 Å². The Balaban J connectivity index is 1.72. The van der Waals surface area contributed by atoms with E-state index in [1.54, 1.807) is 12.1 Å². The van der Waals surface area contributed by atoms with Gasteiger partial charge in [-0.3, -0.25) is 9.59 Å². The molecule has 7 heteroatoms. The van der Waals surface area contributed by atoms with E-state index >= 15 is 0 Å². The van der Waals surface area contributed by atoms with Crippen molar-refractivity contribution in [3.05, 3.63) is 35.9 Å². The summed E-state index contributed by atoms with van der Waals surface area (Å²) in [5, 5.41) is 6.06. The van der Waals surface area contributed by atoms with Crippen molar-refractivity contribution in [2.75, 3.05) is 19.6 Å². The highest BCUT2D eigenvalue weighted by atomic mass is 16.2. The van der Waals surface area contributed by atoms with Gasteiger partial charge < -0.3 is 20.4 Å². The standard InChI is InChI=1S/C25H38N4O3/c1-18-10-8-9-15-29(18)23(31)21(26-22(30)20-11-6-5-7-12-20)19-13-16-28(17-14-19)24(32)27-25(2,3)4/h5-7,11-12,18-19,21H,8-10,13-17H2,1-4H3,(H,26,30)(H,27,32)/t18-,21+/m1/s1. The summed E-state index contributed by atoms with van der Waals surface area (Å²) in [6.07, 6.45) is 4.50. The van der Waals surface area contributed by atoms with E-state index in [1.165, 1.54) is 0 Å². The van der Waals surface area contributed by atoms with Crippen LogP contribution in [-0.4, -0.2) is 64.9 Å². The fourth-order valence-corrected chi connectivity index (χ4v) is 4.64. The van der Waals surface area contributed by atoms with Crippen LogP contribution in [0.15, 0.2) is 30.3 Å². The minimum absolute atomic E-state index is 0.00276. The molecular weight excluding hydrogens is 404 g/mol. The predicted molar refractivity (Wildman–Crippen MR) is 125 cm³/mol. The van der Waals surface area contributed by atoms with Crippen molar-refractivity contribution < 1.29 is 14.4 Å². The topological polar surface area (TPSA) is 81.8 Å². The summed E-state index contributed by atoms with van der Waals surface area (Å²) in [4.78, 5) is 42.8. The zero-order valence-corrected chi connectivity index (χ0v) is 19.9. The average molecular weight is 443 g/mol. The van der Waals surface area contributed by atoms with Crippen molar-refractivity contribution in [3.8, 4) is 0 Å². The molecule has 0 aromatic heterocycles. The first-order valence-corrected chi connectivity index (χ1v) is 11.9. The fourth-order valence-electron chi connectivity index (χ4n) is 4.64. The van der Waals surface area contributed by atoms with Crippen molar-refractivity contribution in [1.29, 1.82) is 0 Å². The van der Waals surface area contributed by atoms with Crippen molar-refractivity contribution in [1.82, 2.24) is 20.4 Å². The number of nitrogens with one attached hydrogen (secondary N) is 2. The summed E-state index contributed by atoms with van der Waals surface area (Å²) < 4.78 is 0. The second-order valence-electron chi connectivity index (χ2n) is 10.2. The van der Waals surface area contributed by atoms with Gasteiger partial charge in [-0.25, -0.2) is 4.79 Å². The van der Waals surface area contributed by atoms with E-state index in [-0.39, 0.29) is 35.3 Å². The van der Waals surface area contributed by atoms with E-state index in [1.807, 2.05) is 48.8 Å². The van der Waals surface area contributed by atoms with Crippen LogP contribution in [0, 0.1) is 5.92 Å². The van der Waals surface area contributed by atoms with E-state index in [9.17, 15) is 14.4 Å². The number of urea groups is 1. The lowest BCUT2D eigenvalue weighted by atomic mass is 9.87. The maximum atomic E-state index is 13.6. The summed E-state index contributed by atoms with van der Waals surface area (Å²) >= 11 is 0. The van der Waals surface area contributed by atoms with E-state index in [2.05, 4.69) is 17.6 Å². The second-order valence-corrected chi connectivity index (χ2v) is 10.2. The third-order valence-corrected chi connectivity index (χ3v) is 6.45. The molecule has 0 saturated carbocycles. The lowest BCUT2D eigenvalue weighted by molar-refractivity contribution is -0.138. The molecule has 2 fully saturated rings. The lowest BCUT2D eigenvalue weighted by Crippen LogP contribution is -2.58. The SMILES string of the molecule is C[C@@H]1CCCCN1C(=O)[C@@H](NC(=O)c1ccccc1)C1CCN(C(=O)NC(C)(C)C)CC1. The first kappa shape index (κ1) is 24.1. The third kappa shape index (κ3) is 6.24. The molecule has 2 aliphatic heterocycles. The maximum absolute atomic E-state index is 13.6. The Morgan fingerprint density at radius 2 is 1.62 bits per heavy atom. The molecule has 32 heavy (non-hydrogen) atoms. The molecule has 1 aromatic rings. The number of carbonyl (C=O) groups is 3. The van der Waals surface area contributed by atoms with Crippen molar-refractivity contribution in [2.24, 2.45) is 5.92 Å². The van der Waals surface area contributed by atoms with Gasteiger partial charge in [-0.2, -0.15) is 0 Å². The molecule has 0 radical (unpaired) electrons. The van der Waals surface area contributed by atoms with Gasteiger partial charge in [-0.1, -0.05) is 18.2 Å². The number of hydrogen-bond donors (Lipinski definition) is 2. The molecule has 3 rings (SSSR count). The van der Waals surface area contributed by atoms with Crippen molar-refractivity contribution in [2.45, 2.75) is 77.4 Å². The molecule has 0 aliphatic carbocycles. The van der Waals surface area contributed by atoms with Crippen LogP contribution in [0.1, 0.15) is 70.2 Å². The number of likely N-dealkylation sites (tertiary alicyclic amines) is 2. The summed E-state index contributed by atoms with van der Waals surface area (Å²) in [6, 6.07) is 8.58. The number of amides is 4. The lowest BCUT2D eigenvalue weighted by Gasteiger charge is -2.41. The molecule has 2 atom stereocenters. The molecular formula is C25H38N4O3. The molecule has 2 heterocycles. The van der Waals surface area contributed by atoms with Gasteiger partial charge in [0, 0.05) is 36.8 Å². The molecule has 0 bridgehead atoms. The van der Waals surface area contributed by atoms with Gasteiger partial charge in [-0.05, 0) is 77.8 Å². The van der Waals surface area contributed by atoms with Crippen LogP contribution < -0.4 is 10.6 Å².